The molecule has 1 heterocycles. The zero-order valence-corrected chi connectivity index (χ0v) is 32.4. The lowest BCUT2D eigenvalue weighted by atomic mass is 9.71. The van der Waals surface area contributed by atoms with E-state index >= 15 is 0 Å². The maximum atomic E-state index is 5.34. The Kier molecular flexibility index (Phi) is 8.63. The second kappa shape index (κ2) is 14.3. The number of nitrogens with zero attached hydrogens (tertiary/aromatic N) is 3. The van der Waals surface area contributed by atoms with Crippen molar-refractivity contribution in [1.82, 2.24) is 15.0 Å². The summed E-state index contributed by atoms with van der Waals surface area (Å²) in [6.45, 7) is 0. The van der Waals surface area contributed by atoms with Gasteiger partial charge in [0, 0.05) is 28.5 Å². The summed E-state index contributed by atoms with van der Waals surface area (Å²) in [6, 6.07) is 18.3. The summed E-state index contributed by atoms with van der Waals surface area (Å²) in [5.74, 6) is 3.25. The monoisotopic (exact) mass is 727 g/mol. The smallest absolute Gasteiger partial charge is 0.164 e. The zero-order valence-electron chi connectivity index (χ0n) is 32.4. The molecule has 56 heavy (non-hydrogen) atoms. The molecule has 3 heteroatoms. The van der Waals surface area contributed by atoms with Crippen molar-refractivity contribution >= 4 is 33.6 Å². The number of allylic oxidation sites excluding steroid dienone is 17. The average molecular weight is 728 g/mol. The van der Waals surface area contributed by atoms with Gasteiger partial charge < -0.3 is 0 Å². The van der Waals surface area contributed by atoms with Gasteiger partial charge in [0.2, 0.25) is 0 Å². The molecule has 7 aliphatic rings. The van der Waals surface area contributed by atoms with Crippen LogP contribution in [0.25, 0.3) is 45.0 Å². The molecule has 3 nitrogen and oxygen atoms in total. The van der Waals surface area contributed by atoms with Gasteiger partial charge in [0.15, 0.2) is 17.5 Å². The van der Waals surface area contributed by atoms with Gasteiger partial charge in [-0.15, -0.1) is 0 Å². The van der Waals surface area contributed by atoms with Gasteiger partial charge >= 0.3 is 0 Å². The number of aryl methyl sites for hydroxylation is 1. The van der Waals surface area contributed by atoms with E-state index in [0.29, 0.717) is 11.8 Å². The molecule has 1 saturated carbocycles. The summed E-state index contributed by atoms with van der Waals surface area (Å²) >= 11 is 0. The number of hydrogen-bond donors (Lipinski definition) is 0. The maximum absolute atomic E-state index is 5.34. The van der Waals surface area contributed by atoms with E-state index in [1.54, 1.807) is 0 Å². The fraction of sp³-hybridized carbons (Fsp3) is 0.302. The molecule has 2 unspecified atom stereocenters. The van der Waals surface area contributed by atoms with Crippen molar-refractivity contribution in [2.75, 3.05) is 0 Å². The van der Waals surface area contributed by atoms with Gasteiger partial charge in [-0.2, -0.15) is 0 Å². The molecule has 11 rings (SSSR count). The van der Waals surface area contributed by atoms with Crippen LogP contribution in [0.3, 0.4) is 0 Å². The van der Waals surface area contributed by atoms with Crippen molar-refractivity contribution in [2.45, 2.75) is 95.8 Å². The summed E-state index contributed by atoms with van der Waals surface area (Å²) in [5.41, 5.74) is 18.4. The quantitative estimate of drug-likeness (QED) is 0.205. The Morgan fingerprint density at radius 2 is 1.50 bits per heavy atom. The molecule has 0 saturated heterocycles. The third-order valence-electron chi connectivity index (χ3n) is 13.6. The Balaban J connectivity index is 0.963. The van der Waals surface area contributed by atoms with Crippen LogP contribution in [0.1, 0.15) is 122 Å². The molecule has 4 aromatic rings. The first-order valence-electron chi connectivity index (χ1n) is 21.4. The van der Waals surface area contributed by atoms with Crippen molar-refractivity contribution in [1.29, 1.82) is 0 Å². The molecular weight excluding hydrogens is 679 g/mol. The topological polar surface area (TPSA) is 38.7 Å². The predicted molar refractivity (Wildman–Crippen MR) is 233 cm³/mol. The highest BCUT2D eigenvalue weighted by Gasteiger charge is 2.31. The first kappa shape index (κ1) is 33.9. The summed E-state index contributed by atoms with van der Waals surface area (Å²) < 4.78 is 0. The van der Waals surface area contributed by atoms with Crippen LogP contribution >= 0.6 is 0 Å². The molecule has 276 valence electrons. The normalized spacial score (nSPS) is 22.6. The molecular formula is C53H49N3. The van der Waals surface area contributed by atoms with E-state index in [1.807, 2.05) is 0 Å². The van der Waals surface area contributed by atoms with Crippen molar-refractivity contribution in [3.8, 4) is 11.4 Å². The third kappa shape index (κ3) is 5.90. The van der Waals surface area contributed by atoms with Crippen molar-refractivity contribution in [3.05, 3.63) is 171 Å². The van der Waals surface area contributed by atoms with Gasteiger partial charge in [0.25, 0.3) is 0 Å². The maximum Gasteiger partial charge on any atom is 0.164 e. The van der Waals surface area contributed by atoms with E-state index in [4.69, 9.17) is 15.0 Å². The second-order valence-electron chi connectivity index (χ2n) is 16.8. The van der Waals surface area contributed by atoms with E-state index in [9.17, 15) is 0 Å². The van der Waals surface area contributed by atoms with Gasteiger partial charge in [-0.05, 0) is 162 Å². The van der Waals surface area contributed by atoms with Crippen LogP contribution in [-0.4, -0.2) is 15.0 Å². The largest absolute Gasteiger partial charge is 0.209 e. The summed E-state index contributed by atoms with van der Waals surface area (Å²) in [5, 5.41) is 2.72. The summed E-state index contributed by atoms with van der Waals surface area (Å²) in [4.78, 5) is 16.0. The molecule has 0 N–H and O–H groups in total. The van der Waals surface area contributed by atoms with Crippen molar-refractivity contribution < 1.29 is 0 Å². The Hall–Kier alpha value is -5.41. The number of benzene rings is 3. The van der Waals surface area contributed by atoms with E-state index in [0.717, 1.165) is 80.8 Å². The van der Waals surface area contributed by atoms with Gasteiger partial charge in [-0.3, -0.25) is 0 Å². The van der Waals surface area contributed by atoms with E-state index < -0.39 is 0 Å². The first-order valence-corrected chi connectivity index (χ1v) is 21.4. The van der Waals surface area contributed by atoms with E-state index in [1.165, 1.54) is 110 Å². The molecule has 0 radical (unpaired) electrons. The fourth-order valence-corrected chi connectivity index (χ4v) is 10.8. The molecule has 0 aliphatic heterocycles. The molecule has 7 aliphatic carbocycles. The third-order valence-corrected chi connectivity index (χ3v) is 13.6. The lowest BCUT2D eigenvalue weighted by molar-refractivity contribution is 0.668. The molecule has 1 fully saturated rings. The van der Waals surface area contributed by atoms with Gasteiger partial charge in [0.05, 0.1) is 0 Å². The number of aromatic nitrogens is 3. The van der Waals surface area contributed by atoms with Gasteiger partial charge in [0.1, 0.15) is 0 Å². The molecule has 0 spiro atoms. The number of fused-ring (bicyclic) bond motifs is 6. The summed E-state index contributed by atoms with van der Waals surface area (Å²) in [7, 11) is 0. The SMILES string of the molecule is C1=CCCC(c2c3c(cc4ccccc24)C2CC=CC(C4C=CC(c5nc(C6=C7CCCCC7=CCC6)nc(-c6cccc7c6CCCC7)n5)=CC4)=C2C=C3)=C1. The number of hydrogen-bond acceptors (Lipinski definition) is 3. The standard InChI is InChI=1S/C53H49N3/c1-2-15-37(16-3-1)50-43-22-9-6-17-39(43)33-49-44-24-12-23-40(45(44)31-32-46(49)50)36-27-29-38(30-28-36)51-54-52(47-25-10-18-34-13-4-7-20-41(34)47)56-53(55-51)48-26-11-19-35-14-5-8-21-42(35)48/h1-2,6,9-10,12,15,17-19,22-23,25,27,29-33,36,44H,3-5,7-8,11,13-14,16,20-21,24,26,28H2. The van der Waals surface area contributed by atoms with Crippen LogP contribution in [0, 0.1) is 5.92 Å². The predicted octanol–water partition coefficient (Wildman–Crippen LogP) is 13.4. The molecule has 2 atom stereocenters. The van der Waals surface area contributed by atoms with Crippen LogP contribution in [0.5, 0.6) is 0 Å². The molecule has 3 aromatic carbocycles. The Bertz CT molecular complexity index is 2590. The van der Waals surface area contributed by atoms with Gasteiger partial charge in [-0.25, -0.2) is 15.0 Å². The van der Waals surface area contributed by atoms with Crippen molar-refractivity contribution in [2.24, 2.45) is 5.92 Å². The zero-order chi connectivity index (χ0) is 37.0. The second-order valence-corrected chi connectivity index (χ2v) is 16.8. The first-order chi connectivity index (χ1) is 27.8. The lowest BCUT2D eigenvalue weighted by Crippen LogP contribution is -2.16. The highest BCUT2D eigenvalue weighted by molar-refractivity contribution is 6.00. The fourth-order valence-electron chi connectivity index (χ4n) is 10.8. The minimum atomic E-state index is 0.310. The minimum absolute atomic E-state index is 0.310. The van der Waals surface area contributed by atoms with Crippen LogP contribution in [0.2, 0.25) is 0 Å². The molecule has 0 bridgehead atoms. The van der Waals surface area contributed by atoms with Crippen LogP contribution < -0.4 is 0 Å². The Morgan fingerprint density at radius 1 is 0.607 bits per heavy atom. The Morgan fingerprint density at radius 3 is 2.43 bits per heavy atom. The van der Waals surface area contributed by atoms with Crippen molar-refractivity contribution in [3.63, 3.8) is 0 Å². The van der Waals surface area contributed by atoms with E-state index in [2.05, 4.69) is 115 Å². The average Bonchev–Trinajstić information content (AvgIpc) is 3.27. The van der Waals surface area contributed by atoms with Crippen LogP contribution in [0.4, 0.5) is 0 Å². The van der Waals surface area contributed by atoms with E-state index in [-0.39, 0.29) is 0 Å². The molecule has 0 amide bonds. The minimum Gasteiger partial charge on any atom is -0.209 e. The van der Waals surface area contributed by atoms with Gasteiger partial charge in [-0.1, -0.05) is 109 Å². The van der Waals surface area contributed by atoms with Crippen LogP contribution in [-0.2, 0) is 12.8 Å². The highest BCUT2D eigenvalue weighted by Crippen LogP contribution is 2.48. The number of rotatable bonds is 5. The van der Waals surface area contributed by atoms with Crippen LogP contribution in [0.15, 0.2) is 132 Å². The molecule has 1 aromatic heterocycles. The lowest BCUT2D eigenvalue weighted by Gasteiger charge is -2.33. The summed E-state index contributed by atoms with van der Waals surface area (Å²) in [6.07, 6.45) is 42.1. The highest BCUT2D eigenvalue weighted by atomic mass is 15.0. The Labute approximate surface area is 331 Å².